The van der Waals surface area contributed by atoms with Crippen LogP contribution in [-0.2, 0) is 0 Å². The van der Waals surface area contributed by atoms with E-state index in [0.717, 1.165) is 0 Å². The number of nitrogens with zero attached hydrogens (tertiary/aromatic N) is 1. The maximum Gasteiger partial charge on any atom is 0.299 e. The summed E-state index contributed by atoms with van der Waals surface area (Å²) in [4.78, 5) is 6.75. The topological polar surface area (TPSA) is 47.1 Å². The molecule has 4 nitrogen and oxygen atoms in total. The summed E-state index contributed by atoms with van der Waals surface area (Å²) in [7, 11) is 0. The van der Waals surface area contributed by atoms with Gasteiger partial charge in [-0.25, -0.2) is 4.98 Å². The molecule has 2 rings (SSSR count). The first kappa shape index (κ1) is 12.8. The summed E-state index contributed by atoms with van der Waals surface area (Å²) in [5.41, 5.74) is 0. The first-order chi connectivity index (χ1) is 8.72. The number of aromatic amines is 1. The Morgan fingerprint density at radius 3 is 2.89 bits per heavy atom. The molecule has 1 heterocycles. The normalized spacial score (nSPS) is 10.1. The maximum absolute atomic E-state index is 6.16. The van der Waals surface area contributed by atoms with Crippen LogP contribution in [0.25, 0.3) is 0 Å². The van der Waals surface area contributed by atoms with E-state index in [0.29, 0.717) is 34.2 Å². The number of nitrogens with one attached hydrogen (secondary N) is 1. The van der Waals surface area contributed by atoms with Crippen LogP contribution in [-0.4, -0.2) is 16.6 Å². The zero-order chi connectivity index (χ0) is 13.0. The predicted molar refractivity (Wildman–Crippen MR) is 70.8 cm³/mol. The molecule has 0 atom stereocenters. The lowest BCUT2D eigenvalue weighted by Crippen LogP contribution is -1.96. The minimum Gasteiger partial charge on any atom is -0.486 e. The van der Waals surface area contributed by atoms with Crippen molar-refractivity contribution in [3.63, 3.8) is 0 Å². The zero-order valence-electron chi connectivity index (χ0n) is 9.32. The fourth-order valence-corrected chi connectivity index (χ4v) is 1.80. The lowest BCUT2D eigenvalue weighted by Gasteiger charge is -2.11. The van der Waals surface area contributed by atoms with Crippen molar-refractivity contribution in [1.29, 1.82) is 0 Å². The van der Waals surface area contributed by atoms with Gasteiger partial charge in [0.1, 0.15) is 11.6 Å². The van der Waals surface area contributed by atoms with Crippen LogP contribution in [0.15, 0.2) is 37.2 Å². The number of ether oxygens (including phenoxy) is 2. The van der Waals surface area contributed by atoms with Crippen LogP contribution in [0.4, 0.5) is 0 Å². The van der Waals surface area contributed by atoms with Crippen molar-refractivity contribution in [2.24, 2.45) is 0 Å². The molecule has 18 heavy (non-hydrogen) atoms. The molecule has 0 unspecified atom stereocenters. The predicted octanol–water partition coefficient (Wildman–Crippen LogP) is 4.07. The molecule has 6 heteroatoms. The van der Waals surface area contributed by atoms with E-state index in [9.17, 15) is 0 Å². The summed E-state index contributed by atoms with van der Waals surface area (Å²) in [5.74, 6) is 0.775. The Morgan fingerprint density at radius 2 is 2.22 bits per heavy atom. The Labute approximate surface area is 114 Å². The van der Waals surface area contributed by atoms with Gasteiger partial charge in [-0.2, -0.15) is 0 Å². The van der Waals surface area contributed by atoms with Crippen molar-refractivity contribution >= 4 is 23.2 Å². The molecule has 1 aromatic carbocycles. The highest BCUT2D eigenvalue weighted by Crippen LogP contribution is 2.40. The minimum atomic E-state index is 0.292. The van der Waals surface area contributed by atoms with E-state index in [-0.39, 0.29) is 0 Å². The Bertz CT molecular complexity index is 541. The third-order valence-electron chi connectivity index (χ3n) is 2.04. The lowest BCUT2D eigenvalue weighted by atomic mass is 10.3. The summed E-state index contributed by atoms with van der Waals surface area (Å²) in [6.45, 7) is 3.87. The second-order valence-corrected chi connectivity index (χ2v) is 4.07. The molecule has 0 saturated heterocycles. The highest BCUT2D eigenvalue weighted by atomic mass is 35.5. The number of H-pyrrole nitrogens is 1. The zero-order valence-corrected chi connectivity index (χ0v) is 10.8. The number of hydrogen-bond donors (Lipinski definition) is 1. The molecule has 1 N–H and O–H groups in total. The van der Waals surface area contributed by atoms with Gasteiger partial charge in [0.15, 0.2) is 11.5 Å². The quantitative estimate of drug-likeness (QED) is 0.842. The van der Waals surface area contributed by atoms with E-state index in [4.69, 9.17) is 32.7 Å². The molecule has 0 bridgehead atoms. The van der Waals surface area contributed by atoms with Gasteiger partial charge in [0.2, 0.25) is 0 Å². The number of aromatic nitrogens is 2. The maximum atomic E-state index is 6.16. The molecule has 0 aliphatic heterocycles. The van der Waals surface area contributed by atoms with Gasteiger partial charge in [-0.15, -0.1) is 0 Å². The molecule has 94 valence electrons. The number of halogens is 2. The second-order valence-electron chi connectivity index (χ2n) is 3.28. The van der Waals surface area contributed by atoms with Crippen LogP contribution in [0.2, 0.25) is 10.0 Å². The number of rotatable bonds is 5. The molecule has 0 aliphatic rings. The van der Waals surface area contributed by atoms with E-state index in [1.54, 1.807) is 30.6 Å². The van der Waals surface area contributed by atoms with Crippen LogP contribution < -0.4 is 9.47 Å². The SMILES string of the molecule is C=CCOc1c(Cl)ccc(Oc2ncc[nH]2)c1Cl. The highest BCUT2D eigenvalue weighted by Gasteiger charge is 2.14. The monoisotopic (exact) mass is 284 g/mol. The van der Waals surface area contributed by atoms with Crippen LogP contribution >= 0.6 is 23.2 Å². The molecule has 0 aliphatic carbocycles. The first-order valence-electron chi connectivity index (χ1n) is 5.11. The molecular formula is C12H10Cl2N2O2. The number of imidazole rings is 1. The Kier molecular flexibility index (Phi) is 4.12. The Morgan fingerprint density at radius 1 is 1.39 bits per heavy atom. The first-order valence-corrected chi connectivity index (χ1v) is 5.87. The Hall–Kier alpha value is -1.65. The molecule has 0 spiro atoms. The van der Waals surface area contributed by atoms with Crippen LogP contribution in [0.5, 0.6) is 17.5 Å². The number of benzene rings is 1. The van der Waals surface area contributed by atoms with Crippen molar-refractivity contribution in [2.75, 3.05) is 6.61 Å². The molecule has 1 aromatic heterocycles. The smallest absolute Gasteiger partial charge is 0.299 e. The van der Waals surface area contributed by atoms with E-state index in [1.807, 2.05) is 0 Å². The van der Waals surface area contributed by atoms with E-state index < -0.39 is 0 Å². The highest BCUT2D eigenvalue weighted by molar-refractivity contribution is 6.38. The van der Waals surface area contributed by atoms with Crippen molar-refractivity contribution < 1.29 is 9.47 Å². The minimum absolute atomic E-state index is 0.292. The van der Waals surface area contributed by atoms with E-state index in [1.165, 1.54) is 0 Å². The fourth-order valence-electron chi connectivity index (χ4n) is 1.28. The van der Waals surface area contributed by atoms with Gasteiger partial charge in [0, 0.05) is 12.4 Å². The van der Waals surface area contributed by atoms with Gasteiger partial charge in [-0.05, 0) is 12.1 Å². The van der Waals surface area contributed by atoms with Gasteiger partial charge >= 0.3 is 0 Å². The molecular weight excluding hydrogens is 275 g/mol. The molecule has 0 radical (unpaired) electrons. The van der Waals surface area contributed by atoms with E-state index >= 15 is 0 Å². The molecule has 0 fully saturated rings. The molecule has 0 saturated carbocycles. The summed E-state index contributed by atoms with van der Waals surface area (Å²) in [6.07, 6.45) is 4.83. The van der Waals surface area contributed by atoms with Crippen LogP contribution in [0, 0.1) is 0 Å². The van der Waals surface area contributed by atoms with E-state index in [2.05, 4.69) is 16.5 Å². The standard InChI is InChI=1S/C12H10Cl2N2O2/c1-2-7-17-11-8(13)3-4-9(10(11)14)18-12-15-5-6-16-12/h2-6H,1,7H2,(H,15,16). The number of hydrogen-bond acceptors (Lipinski definition) is 3. The van der Waals surface area contributed by atoms with Crippen molar-refractivity contribution in [2.45, 2.75) is 0 Å². The van der Waals surface area contributed by atoms with Crippen molar-refractivity contribution in [3.8, 4) is 17.5 Å². The van der Waals surface area contributed by atoms with Crippen LogP contribution in [0.1, 0.15) is 0 Å². The van der Waals surface area contributed by atoms with Crippen molar-refractivity contribution in [3.05, 3.63) is 47.2 Å². The Balaban J connectivity index is 2.28. The van der Waals surface area contributed by atoms with Gasteiger partial charge in [0.25, 0.3) is 6.01 Å². The molecule has 0 amide bonds. The van der Waals surface area contributed by atoms with Gasteiger partial charge < -0.3 is 14.5 Å². The lowest BCUT2D eigenvalue weighted by molar-refractivity contribution is 0.360. The average Bonchev–Trinajstić information content (AvgIpc) is 2.86. The van der Waals surface area contributed by atoms with Gasteiger partial charge in [0.05, 0.1) is 5.02 Å². The largest absolute Gasteiger partial charge is 0.486 e. The van der Waals surface area contributed by atoms with Crippen molar-refractivity contribution in [1.82, 2.24) is 9.97 Å². The third kappa shape index (κ3) is 2.78. The average molecular weight is 285 g/mol. The third-order valence-corrected chi connectivity index (χ3v) is 2.69. The fraction of sp³-hybridized carbons (Fsp3) is 0.0833. The summed E-state index contributed by atoms with van der Waals surface area (Å²) in [6, 6.07) is 3.63. The summed E-state index contributed by atoms with van der Waals surface area (Å²) >= 11 is 12.2. The summed E-state index contributed by atoms with van der Waals surface area (Å²) in [5, 5.41) is 0.703. The van der Waals surface area contributed by atoms with Gasteiger partial charge in [-0.1, -0.05) is 35.9 Å². The van der Waals surface area contributed by atoms with Crippen LogP contribution in [0.3, 0.4) is 0 Å². The molecule has 2 aromatic rings. The summed E-state index contributed by atoms with van der Waals surface area (Å²) < 4.78 is 10.8. The van der Waals surface area contributed by atoms with Gasteiger partial charge in [-0.3, -0.25) is 0 Å². The second kappa shape index (κ2) is 5.80.